The van der Waals surface area contributed by atoms with E-state index in [9.17, 15) is 13.2 Å². The molecule has 0 atom stereocenters. The predicted molar refractivity (Wildman–Crippen MR) is 73.0 cm³/mol. The van der Waals surface area contributed by atoms with E-state index in [-0.39, 0.29) is 22.9 Å². The maximum atomic E-state index is 11.9. The molecule has 0 aromatic heterocycles. The zero-order chi connectivity index (χ0) is 13.9. The van der Waals surface area contributed by atoms with Gasteiger partial charge in [0.1, 0.15) is 0 Å². The van der Waals surface area contributed by atoms with Crippen LogP contribution in [0.5, 0.6) is 0 Å². The van der Waals surface area contributed by atoms with Crippen molar-refractivity contribution in [2.45, 2.75) is 4.90 Å². The first-order valence-corrected chi connectivity index (χ1v) is 7.80. The van der Waals surface area contributed by atoms with Gasteiger partial charge in [-0.2, -0.15) is 0 Å². The second kappa shape index (κ2) is 5.74. The van der Waals surface area contributed by atoms with Crippen LogP contribution in [0.15, 0.2) is 27.6 Å². The highest BCUT2D eigenvalue weighted by molar-refractivity contribution is 9.10. The van der Waals surface area contributed by atoms with Crippen LogP contribution < -0.4 is 0 Å². The van der Waals surface area contributed by atoms with E-state index in [1.54, 1.807) is 0 Å². The average molecular weight is 351 g/mol. The number of halogens is 2. The number of amides is 1. The third-order valence-electron chi connectivity index (χ3n) is 2.07. The molecule has 18 heavy (non-hydrogen) atoms. The van der Waals surface area contributed by atoms with Gasteiger partial charge in [-0.3, -0.25) is 4.79 Å². The second-order valence-corrected chi connectivity index (χ2v) is 6.96. The van der Waals surface area contributed by atoms with Gasteiger partial charge in [0.25, 0.3) is 15.0 Å². The van der Waals surface area contributed by atoms with Crippen molar-refractivity contribution in [1.29, 1.82) is 0 Å². The molecule has 0 aliphatic heterocycles. The highest BCUT2D eigenvalue weighted by Crippen LogP contribution is 2.23. The molecule has 1 amide bonds. The fraction of sp³-hybridized carbons (Fsp3) is 0.182. The van der Waals surface area contributed by atoms with Gasteiger partial charge in [0.2, 0.25) is 0 Å². The molecule has 0 saturated carbocycles. The van der Waals surface area contributed by atoms with Gasteiger partial charge in [-0.25, -0.2) is 8.42 Å². The zero-order valence-electron chi connectivity index (χ0n) is 9.35. The maximum Gasteiger partial charge on any atom is 0.261 e. The maximum absolute atomic E-state index is 11.9. The number of nitrogens with zero attached hydrogens (tertiary/aromatic N) is 1. The monoisotopic (exact) mass is 349 g/mol. The quantitative estimate of drug-likeness (QED) is 0.619. The summed E-state index contributed by atoms with van der Waals surface area (Å²) in [6.07, 6.45) is 5.10. The molecule has 0 unspecified atom stereocenters. The molecule has 1 rings (SSSR count). The van der Waals surface area contributed by atoms with Gasteiger partial charge < -0.3 is 4.90 Å². The lowest BCUT2D eigenvalue weighted by Crippen LogP contribution is -2.27. The van der Waals surface area contributed by atoms with E-state index >= 15 is 0 Å². The lowest BCUT2D eigenvalue weighted by Gasteiger charge is -2.14. The van der Waals surface area contributed by atoms with Crippen LogP contribution in [0.1, 0.15) is 10.4 Å². The van der Waals surface area contributed by atoms with Crippen molar-refractivity contribution in [1.82, 2.24) is 4.90 Å². The molecule has 0 aliphatic carbocycles. The molecule has 7 heteroatoms. The first-order valence-electron chi connectivity index (χ1n) is 4.70. The van der Waals surface area contributed by atoms with Crippen LogP contribution in [0.3, 0.4) is 0 Å². The highest BCUT2D eigenvalue weighted by atomic mass is 79.9. The van der Waals surface area contributed by atoms with E-state index in [1.165, 1.54) is 30.1 Å². The Morgan fingerprint density at radius 2 is 2.11 bits per heavy atom. The summed E-state index contributed by atoms with van der Waals surface area (Å²) in [6.45, 7) is 0.133. The van der Waals surface area contributed by atoms with E-state index in [1.807, 2.05) is 0 Å². The van der Waals surface area contributed by atoms with Crippen LogP contribution in [0.2, 0.25) is 0 Å². The standard InChI is InChI=1S/C11H9BrClNO3S/c1-3-4-14(2)11(15)8-5-9(12)7-10(6-8)18(13,16)17/h1,5-7H,4H2,2H3. The van der Waals surface area contributed by atoms with Gasteiger partial charge in [0, 0.05) is 27.8 Å². The molecule has 0 saturated heterocycles. The van der Waals surface area contributed by atoms with Crippen LogP contribution in [-0.4, -0.2) is 32.8 Å². The van der Waals surface area contributed by atoms with E-state index in [0.717, 1.165) is 0 Å². The zero-order valence-corrected chi connectivity index (χ0v) is 12.5. The first kappa shape index (κ1) is 15.0. The summed E-state index contributed by atoms with van der Waals surface area (Å²) in [5, 5.41) is 0. The number of carbonyl (C=O) groups excluding carboxylic acids is 1. The summed E-state index contributed by atoms with van der Waals surface area (Å²) in [5.41, 5.74) is 0.196. The number of hydrogen-bond donors (Lipinski definition) is 0. The van der Waals surface area contributed by atoms with E-state index in [0.29, 0.717) is 4.47 Å². The average Bonchev–Trinajstić information content (AvgIpc) is 2.26. The molecule has 0 N–H and O–H groups in total. The van der Waals surface area contributed by atoms with Gasteiger partial charge >= 0.3 is 0 Å². The number of carbonyl (C=O) groups is 1. The summed E-state index contributed by atoms with van der Waals surface area (Å²) in [4.78, 5) is 13.1. The molecule has 0 heterocycles. The Hall–Kier alpha value is -1.03. The minimum absolute atomic E-state index is 0.133. The minimum atomic E-state index is -3.89. The molecule has 4 nitrogen and oxygen atoms in total. The van der Waals surface area contributed by atoms with Crippen molar-refractivity contribution in [3.05, 3.63) is 28.2 Å². The Labute approximate surface area is 118 Å². The topological polar surface area (TPSA) is 54.5 Å². The highest BCUT2D eigenvalue weighted by Gasteiger charge is 2.17. The Balaban J connectivity index is 3.24. The molecule has 0 radical (unpaired) electrons. The SMILES string of the molecule is C#CCN(C)C(=O)c1cc(Br)cc(S(=O)(=O)Cl)c1. The van der Waals surface area contributed by atoms with Gasteiger partial charge in [-0.15, -0.1) is 6.42 Å². The summed E-state index contributed by atoms with van der Waals surface area (Å²) in [7, 11) is 2.88. The third-order valence-corrected chi connectivity index (χ3v) is 3.87. The van der Waals surface area contributed by atoms with E-state index < -0.39 is 9.05 Å². The lowest BCUT2D eigenvalue weighted by molar-refractivity contribution is 0.0812. The molecule has 0 aliphatic rings. The van der Waals surface area contributed by atoms with Crippen molar-refractivity contribution < 1.29 is 13.2 Å². The number of hydrogen-bond acceptors (Lipinski definition) is 3. The summed E-state index contributed by atoms with van der Waals surface area (Å²) in [6, 6.07) is 4.03. The number of terminal acetylenes is 1. The number of rotatable bonds is 3. The molecule has 1 aromatic rings. The van der Waals surface area contributed by atoms with Crippen molar-refractivity contribution >= 4 is 41.6 Å². The Kier molecular flexibility index (Phi) is 4.79. The largest absolute Gasteiger partial charge is 0.331 e. The third kappa shape index (κ3) is 3.73. The molecule has 0 spiro atoms. The predicted octanol–water partition coefficient (Wildman–Crippen LogP) is 2.08. The summed E-state index contributed by atoms with van der Waals surface area (Å²) >= 11 is 3.13. The van der Waals surface area contributed by atoms with Gasteiger partial charge in [-0.1, -0.05) is 21.9 Å². The molecule has 0 bridgehead atoms. The smallest absolute Gasteiger partial charge is 0.261 e. The Morgan fingerprint density at radius 1 is 1.50 bits per heavy atom. The van der Waals surface area contributed by atoms with Gasteiger partial charge in [0.05, 0.1) is 11.4 Å². The fourth-order valence-electron chi connectivity index (χ4n) is 1.26. The van der Waals surface area contributed by atoms with Gasteiger partial charge in [0.15, 0.2) is 0 Å². The Bertz CT molecular complexity index is 622. The molecular weight excluding hydrogens is 342 g/mol. The summed E-state index contributed by atoms with van der Waals surface area (Å²) in [5.74, 6) is 1.95. The molecule has 96 valence electrons. The number of benzene rings is 1. The van der Waals surface area contributed by atoms with Crippen LogP contribution in [0.4, 0.5) is 0 Å². The van der Waals surface area contributed by atoms with Crippen molar-refractivity contribution in [2.75, 3.05) is 13.6 Å². The van der Waals surface area contributed by atoms with Crippen molar-refractivity contribution in [3.63, 3.8) is 0 Å². The van der Waals surface area contributed by atoms with Crippen LogP contribution in [0, 0.1) is 12.3 Å². The Morgan fingerprint density at radius 3 is 2.61 bits per heavy atom. The molecule has 0 fully saturated rings. The van der Waals surface area contributed by atoms with E-state index in [4.69, 9.17) is 17.1 Å². The second-order valence-electron chi connectivity index (χ2n) is 3.48. The van der Waals surface area contributed by atoms with Crippen molar-refractivity contribution in [3.8, 4) is 12.3 Å². The van der Waals surface area contributed by atoms with Crippen molar-refractivity contribution in [2.24, 2.45) is 0 Å². The minimum Gasteiger partial charge on any atom is -0.331 e. The van der Waals surface area contributed by atoms with Crippen LogP contribution in [0.25, 0.3) is 0 Å². The first-order chi connectivity index (χ1) is 8.25. The summed E-state index contributed by atoms with van der Waals surface area (Å²) < 4.78 is 22.9. The van der Waals surface area contributed by atoms with E-state index in [2.05, 4.69) is 21.9 Å². The lowest BCUT2D eigenvalue weighted by atomic mass is 10.2. The fourth-order valence-corrected chi connectivity index (χ4v) is 2.70. The van der Waals surface area contributed by atoms with Crippen LogP contribution >= 0.6 is 26.6 Å². The molecular formula is C11H9BrClNO3S. The van der Waals surface area contributed by atoms with Gasteiger partial charge in [-0.05, 0) is 18.2 Å². The van der Waals surface area contributed by atoms with Crippen LogP contribution in [-0.2, 0) is 9.05 Å². The normalized spacial score (nSPS) is 10.8. The molecule has 1 aromatic carbocycles.